The number of carboxylic acids is 1. The molecule has 0 fully saturated rings. The van der Waals surface area contributed by atoms with Crippen molar-refractivity contribution in [1.29, 1.82) is 0 Å². The summed E-state index contributed by atoms with van der Waals surface area (Å²) in [6.45, 7) is -0.485. The number of H-pyrrole nitrogens is 1. The van der Waals surface area contributed by atoms with E-state index in [1.165, 1.54) is 4.90 Å². The van der Waals surface area contributed by atoms with Crippen LogP contribution in [0.2, 0.25) is 0 Å². The van der Waals surface area contributed by atoms with Crippen molar-refractivity contribution in [2.24, 2.45) is 0 Å². The average molecular weight is 269 g/mol. The first-order valence-corrected chi connectivity index (χ1v) is 5.44. The fourth-order valence-corrected chi connectivity index (χ4v) is 1.21. The zero-order valence-electron chi connectivity index (χ0n) is 10.3. The van der Waals surface area contributed by atoms with Gasteiger partial charge in [-0.25, -0.2) is 9.78 Å². The minimum absolute atomic E-state index is 0.273. The van der Waals surface area contributed by atoms with Crippen molar-refractivity contribution in [3.05, 3.63) is 18.2 Å². The van der Waals surface area contributed by atoms with Crippen molar-refractivity contribution >= 4 is 17.9 Å². The Morgan fingerprint density at radius 2 is 2.11 bits per heavy atom. The van der Waals surface area contributed by atoms with Crippen LogP contribution in [-0.4, -0.2) is 58.0 Å². The number of carboxylic acid groups (broad SMARTS) is 1. The number of urea groups is 1. The lowest BCUT2D eigenvalue weighted by Crippen LogP contribution is -2.43. The van der Waals surface area contributed by atoms with Gasteiger partial charge in [-0.3, -0.25) is 9.59 Å². The van der Waals surface area contributed by atoms with Crippen LogP contribution in [0.3, 0.4) is 0 Å². The highest BCUT2D eigenvalue weighted by Gasteiger charge is 2.11. The fraction of sp³-hybridized carbons (Fsp3) is 0.400. The largest absolute Gasteiger partial charge is 0.480 e. The first kappa shape index (κ1) is 14.5. The van der Waals surface area contributed by atoms with E-state index in [0.29, 0.717) is 5.82 Å². The Morgan fingerprint density at radius 3 is 2.68 bits per heavy atom. The summed E-state index contributed by atoms with van der Waals surface area (Å²) in [7, 11) is 1.55. The van der Waals surface area contributed by atoms with Gasteiger partial charge in [0.1, 0.15) is 12.4 Å². The van der Waals surface area contributed by atoms with E-state index in [-0.39, 0.29) is 13.1 Å². The van der Waals surface area contributed by atoms with Crippen molar-refractivity contribution in [3.63, 3.8) is 0 Å². The summed E-state index contributed by atoms with van der Waals surface area (Å²) in [6.07, 6.45) is 3.21. The van der Waals surface area contributed by atoms with Gasteiger partial charge >= 0.3 is 12.0 Å². The molecule has 0 aliphatic heterocycles. The second-order valence-electron chi connectivity index (χ2n) is 3.72. The molecule has 0 atom stereocenters. The molecule has 0 bridgehead atoms. The lowest BCUT2D eigenvalue weighted by atomic mass is 10.5. The summed E-state index contributed by atoms with van der Waals surface area (Å²) in [5, 5.41) is 12.8. The van der Waals surface area contributed by atoms with E-state index in [0.717, 1.165) is 0 Å². The highest BCUT2D eigenvalue weighted by molar-refractivity contribution is 5.86. The van der Waals surface area contributed by atoms with Crippen molar-refractivity contribution in [3.8, 4) is 0 Å². The normalized spacial score (nSPS) is 9.74. The molecular weight excluding hydrogens is 254 g/mol. The number of carbonyl (C=O) groups is 3. The van der Waals surface area contributed by atoms with E-state index in [4.69, 9.17) is 5.11 Å². The summed E-state index contributed by atoms with van der Waals surface area (Å²) < 4.78 is 0. The Hall–Kier alpha value is -2.58. The molecule has 1 heterocycles. The number of aliphatic carboxylic acids is 1. The predicted octanol–water partition coefficient (Wildman–Crippen LogP) is -1.25. The molecule has 0 spiro atoms. The lowest BCUT2D eigenvalue weighted by molar-refractivity contribution is -0.137. The summed E-state index contributed by atoms with van der Waals surface area (Å²) in [6, 6.07) is -0.457. The number of amides is 3. The van der Waals surface area contributed by atoms with Crippen LogP contribution in [0.4, 0.5) is 4.79 Å². The van der Waals surface area contributed by atoms with E-state index < -0.39 is 24.5 Å². The zero-order valence-corrected chi connectivity index (χ0v) is 10.3. The van der Waals surface area contributed by atoms with Gasteiger partial charge in [-0.2, -0.15) is 0 Å². The van der Waals surface area contributed by atoms with Crippen LogP contribution in [0.5, 0.6) is 0 Å². The van der Waals surface area contributed by atoms with Crippen LogP contribution in [0.1, 0.15) is 5.82 Å². The third-order valence-electron chi connectivity index (χ3n) is 2.13. The maximum absolute atomic E-state index is 11.6. The van der Waals surface area contributed by atoms with Gasteiger partial charge in [0.25, 0.3) is 0 Å². The average Bonchev–Trinajstić information content (AvgIpc) is 2.86. The minimum atomic E-state index is -1.14. The quantitative estimate of drug-likeness (QED) is 0.513. The molecule has 1 aromatic heterocycles. The standard InChI is InChI=1S/C10H15N5O4/c1-15(6-7-11-2-3-12-7)10(19)14-4-8(16)13-5-9(17)18/h2-3H,4-6H2,1H3,(H,11,12)(H,13,16)(H,14,19)(H,17,18). The molecule has 1 rings (SSSR count). The van der Waals surface area contributed by atoms with Crippen molar-refractivity contribution in [2.75, 3.05) is 20.1 Å². The molecule has 19 heavy (non-hydrogen) atoms. The minimum Gasteiger partial charge on any atom is -0.480 e. The van der Waals surface area contributed by atoms with Crippen LogP contribution in [0.25, 0.3) is 0 Å². The highest BCUT2D eigenvalue weighted by Crippen LogP contribution is 1.95. The van der Waals surface area contributed by atoms with E-state index in [2.05, 4.69) is 20.6 Å². The molecule has 104 valence electrons. The Kier molecular flexibility index (Phi) is 5.33. The van der Waals surface area contributed by atoms with Gasteiger partial charge < -0.3 is 25.6 Å². The number of hydrogen-bond acceptors (Lipinski definition) is 4. The molecule has 4 N–H and O–H groups in total. The molecule has 0 saturated heterocycles. The molecule has 0 aliphatic rings. The molecular formula is C10H15N5O4. The molecule has 0 aromatic carbocycles. The Bertz CT molecular complexity index is 445. The van der Waals surface area contributed by atoms with Gasteiger partial charge in [0.15, 0.2) is 0 Å². The third-order valence-corrected chi connectivity index (χ3v) is 2.13. The first-order chi connectivity index (χ1) is 8.99. The van der Waals surface area contributed by atoms with Gasteiger partial charge in [0, 0.05) is 19.4 Å². The van der Waals surface area contributed by atoms with E-state index in [1.54, 1.807) is 19.4 Å². The van der Waals surface area contributed by atoms with Crippen molar-refractivity contribution in [2.45, 2.75) is 6.54 Å². The lowest BCUT2D eigenvalue weighted by Gasteiger charge is -2.16. The van der Waals surface area contributed by atoms with Crippen LogP contribution in [0.15, 0.2) is 12.4 Å². The molecule has 0 unspecified atom stereocenters. The summed E-state index contributed by atoms with van der Waals surface area (Å²) in [5.41, 5.74) is 0. The van der Waals surface area contributed by atoms with Gasteiger partial charge in [-0.05, 0) is 0 Å². The number of nitrogens with zero attached hydrogens (tertiary/aromatic N) is 2. The predicted molar refractivity (Wildman–Crippen MR) is 64.1 cm³/mol. The maximum Gasteiger partial charge on any atom is 0.322 e. The van der Waals surface area contributed by atoms with E-state index in [9.17, 15) is 14.4 Å². The van der Waals surface area contributed by atoms with Crippen LogP contribution >= 0.6 is 0 Å². The van der Waals surface area contributed by atoms with Gasteiger partial charge in [0.2, 0.25) is 5.91 Å². The number of hydrogen-bond donors (Lipinski definition) is 4. The number of aromatic amines is 1. The summed E-state index contributed by atoms with van der Waals surface area (Å²) in [5.74, 6) is -1.09. The Labute approximate surface area is 109 Å². The topological polar surface area (TPSA) is 127 Å². The zero-order chi connectivity index (χ0) is 14.3. The van der Waals surface area contributed by atoms with Crippen LogP contribution < -0.4 is 10.6 Å². The monoisotopic (exact) mass is 269 g/mol. The van der Waals surface area contributed by atoms with Crippen molar-refractivity contribution in [1.82, 2.24) is 25.5 Å². The fourth-order valence-electron chi connectivity index (χ4n) is 1.21. The number of imidazole rings is 1. The molecule has 0 radical (unpaired) electrons. The second-order valence-corrected chi connectivity index (χ2v) is 3.72. The maximum atomic E-state index is 11.6. The van der Waals surface area contributed by atoms with Gasteiger partial charge in [-0.15, -0.1) is 0 Å². The Balaban J connectivity index is 2.26. The molecule has 9 nitrogen and oxygen atoms in total. The molecule has 1 aromatic rings. The van der Waals surface area contributed by atoms with Crippen LogP contribution in [-0.2, 0) is 16.1 Å². The SMILES string of the molecule is CN(Cc1ncc[nH]1)C(=O)NCC(=O)NCC(=O)O. The molecule has 0 aliphatic carbocycles. The van der Waals surface area contributed by atoms with E-state index >= 15 is 0 Å². The summed E-state index contributed by atoms with van der Waals surface area (Å²) >= 11 is 0. The second kappa shape index (κ2) is 6.99. The molecule has 0 saturated carbocycles. The number of carbonyl (C=O) groups excluding carboxylic acids is 2. The molecule has 3 amide bonds. The number of rotatable bonds is 6. The number of aromatic nitrogens is 2. The first-order valence-electron chi connectivity index (χ1n) is 5.44. The van der Waals surface area contributed by atoms with Gasteiger partial charge in [-0.1, -0.05) is 0 Å². The number of nitrogens with one attached hydrogen (secondary N) is 3. The van der Waals surface area contributed by atoms with Crippen LogP contribution in [0, 0.1) is 0 Å². The Morgan fingerprint density at radius 1 is 1.37 bits per heavy atom. The van der Waals surface area contributed by atoms with Crippen molar-refractivity contribution < 1.29 is 19.5 Å². The third kappa shape index (κ3) is 5.52. The van der Waals surface area contributed by atoms with E-state index in [1.807, 2.05) is 0 Å². The summed E-state index contributed by atoms with van der Waals surface area (Å²) in [4.78, 5) is 41.1. The molecule has 9 heteroatoms. The highest BCUT2D eigenvalue weighted by atomic mass is 16.4. The smallest absolute Gasteiger partial charge is 0.322 e. The van der Waals surface area contributed by atoms with Gasteiger partial charge in [0.05, 0.1) is 13.1 Å².